The topological polar surface area (TPSA) is 101 Å². The Morgan fingerprint density at radius 2 is 2.06 bits per heavy atom. The number of carbonyl (C=O) groups excluding carboxylic acids is 1. The second-order valence-electron chi connectivity index (χ2n) is 7.08. The number of carbonyl (C=O) groups is 1. The maximum Gasteiger partial charge on any atom is 0.343 e. The number of ether oxygens (including phenoxy) is 1. The molecule has 1 N–H and O–H groups in total. The molecule has 2 aromatic carbocycles. The lowest BCUT2D eigenvalue weighted by Gasteiger charge is -2.30. The SMILES string of the molecule is CCOC(=O)c1cncnc1Nc1cc(S(=O)(=O)N2CCCc3ccccc32)ccc1Cl. The summed E-state index contributed by atoms with van der Waals surface area (Å²) in [5.74, 6) is -0.432. The first kappa shape index (κ1) is 22.0. The third-order valence-electron chi connectivity index (χ3n) is 5.05. The molecular formula is C22H21ClN4O4S. The minimum atomic E-state index is -3.83. The zero-order valence-corrected chi connectivity index (χ0v) is 18.9. The number of esters is 1. The summed E-state index contributed by atoms with van der Waals surface area (Å²) in [5.41, 5.74) is 2.09. The van der Waals surface area contributed by atoms with E-state index in [1.165, 1.54) is 35.0 Å². The molecule has 3 aromatic rings. The quantitative estimate of drug-likeness (QED) is 0.536. The average molecular weight is 473 g/mol. The highest BCUT2D eigenvalue weighted by Crippen LogP contribution is 2.34. The van der Waals surface area contributed by atoms with E-state index in [0.29, 0.717) is 17.9 Å². The lowest BCUT2D eigenvalue weighted by atomic mass is 10.0. The molecule has 0 saturated heterocycles. The van der Waals surface area contributed by atoms with Crippen LogP contribution >= 0.6 is 11.6 Å². The molecule has 0 bridgehead atoms. The number of hydrogen-bond donors (Lipinski definition) is 1. The molecule has 166 valence electrons. The van der Waals surface area contributed by atoms with Crippen LogP contribution in [0.15, 0.2) is 59.9 Å². The van der Waals surface area contributed by atoms with E-state index in [4.69, 9.17) is 16.3 Å². The molecule has 4 rings (SSSR count). The fraction of sp³-hybridized carbons (Fsp3) is 0.227. The largest absolute Gasteiger partial charge is 0.462 e. The van der Waals surface area contributed by atoms with Crippen molar-refractivity contribution in [2.24, 2.45) is 0 Å². The van der Waals surface area contributed by atoms with Crippen LogP contribution in [0.25, 0.3) is 0 Å². The predicted octanol–water partition coefficient (Wildman–Crippen LogP) is 4.19. The highest BCUT2D eigenvalue weighted by Gasteiger charge is 2.29. The Balaban J connectivity index is 1.70. The Bertz CT molecular complexity index is 1270. The van der Waals surface area contributed by atoms with Crippen LogP contribution in [-0.2, 0) is 21.2 Å². The molecule has 10 heteroatoms. The number of aryl methyl sites for hydroxylation is 1. The molecule has 0 unspecified atom stereocenters. The van der Waals surface area contributed by atoms with Gasteiger partial charge in [-0.1, -0.05) is 29.8 Å². The Hall–Kier alpha value is -3.17. The number of benzene rings is 2. The van der Waals surface area contributed by atoms with Gasteiger partial charge >= 0.3 is 5.97 Å². The molecule has 0 radical (unpaired) electrons. The van der Waals surface area contributed by atoms with E-state index in [1.807, 2.05) is 24.3 Å². The first-order valence-electron chi connectivity index (χ1n) is 10.1. The van der Waals surface area contributed by atoms with Gasteiger partial charge in [0.1, 0.15) is 17.7 Å². The standard InChI is InChI=1S/C22H21ClN4O4S/c1-2-31-22(28)17-13-24-14-25-21(17)26-19-12-16(9-10-18(19)23)32(29,30)27-11-5-7-15-6-3-4-8-20(15)27/h3-4,6,8-10,12-14H,2,5,7,11H2,1H3,(H,24,25,26). The van der Waals surface area contributed by atoms with E-state index in [2.05, 4.69) is 15.3 Å². The normalized spacial score (nSPS) is 13.4. The second-order valence-corrected chi connectivity index (χ2v) is 9.35. The Kier molecular flexibility index (Phi) is 6.29. The lowest BCUT2D eigenvalue weighted by molar-refractivity contribution is 0.0526. The third-order valence-corrected chi connectivity index (χ3v) is 7.19. The van der Waals surface area contributed by atoms with Crippen LogP contribution in [-0.4, -0.2) is 37.5 Å². The van der Waals surface area contributed by atoms with Gasteiger partial charge in [-0.2, -0.15) is 0 Å². The van der Waals surface area contributed by atoms with Crippen LogP contribution in [0, 0.1) is 0 Å². The number of sulfonamides is 1. The molecule has 2 heterocycles. The highest BCUT2D eigenvalue weighted by molar-refractivity contribution is 7.92. The number of para-hydroxylation sites is 1. The van der Waals surface area contributed by atoms with Crippen molar-refractivity contribution in [2.45, 2.75) is 24.7 Å². The number of rotatable bonds is 6. The van der Waals surface area contributed by atoms with Gasteiger partial charge in [-0.3, -0.25) is 4.31 Å². The summed E-state index contributed by atoms with van der Waals surface area (Å²) in [7, 11) is -3.83. The van der Waals surface area contributed by atoms with Crippen LogP contribution < -0.4 is 9.62 Å². The van der Waals surface area contributed by atoms with E-state index >= 15 is 0 Å². The minimum Gasteiger partial charge on any atom is -0.462 e. The van der Waals surface area contributed by atoms with Crippen LogP contribution in [0.4, 0.5) is 17.2 Å². The number of aromatic nitrogens is 2. The first-order valence-corrected chi connectivity index (χ1v) is 11.9. The van der Waals surface area contributed by atoms with Gasteiger partial charge in [0, 0.05) is 12.7 Å². The van der Waals surface area contributed by atoms with Gasteiger partial charge in [-0.25, -0.2) is 23.2 Å². The molecule has 0 amide bonds. The molecule has 0 fully saturated rings. The maximum atomic E-state index is 13.5. The molecule has 1 aliphatic rings. The third kappa shape index (κ3) is 4.26. The molecule has 0 saturated carbocycles. The Labute approximate surface area is 191 Å². The zero-order chi connectivity index (χ0) is 22.7. The van der Waals surface area contributed by atoms with E-state index in [1.54, 1.807) is 6.92 Å². The van der Waals surface area contributed by atoms with Crippen LogP contribution in [0.2, 0.25) is 5.02 Å². The van der Waals surface area contributed by atoms with Crippen molar-refractivity contribution in [3.8, 4) is 0 Å². The molecular weight excluding hydrogens is 452 g/mol. The predicted molar refractivity (Wildman–Crippen MR) is 122 cm³/mol. The molecule has 8 nitrogen and oxygen atoms in total. The summed E-state index contributed by atoms with van der Waals surface area (Å²) in [4.78, 5) is 20.2. The number of halogens is 1. The summed E-state index contributed by atoms with van der Waals surface area (Å²) in [6.07, 6.45) is 4.16. The Morgan fingerprint density at radius 1 is 1.25 bits per heavy atom. The molecule has 0 aliphatic carbocycles. The van der Waals surface area contributed by atoms with Crippen molar-refractivity contribution in [1.29, 1.82) is 0 Å². The highest BCUT2D eigenvalue weighted by atomic mass is 35.5. The number of nitrogens with one attached hydrogen (secondary N) is 1. The van der Waals surface area contributed by atoms with Crippen molar-refractivity contribution < 1.29 is 17.9 Å². The van der Waals surface area contributed by atoms with Gasteiger partial charge in [-0.15, -0.1) is 0 Å². The van der Waals surface area contributed by atoms with Gasteiger partial charge in [0.15, 0.2) is 0 Å². The van der Waals surface area contributed by atoms with Crippen molar-refractivity contribution >= 4 is 44.8 Å². The molecule has 1 aliphatic heterocycles. The summed E-state index contributed by atoms with van der Waals surface area (Å²) < 4.78 is 33.4. The van der Waals surface area contributed by atoms with E-state index in [9.17, 15) is 13.2 Å². The number of nitrogens with zero attached hydrogens (tertiary/aromatic N) is 3. The first-order chi connectivity index (χ1) is 15.4. The summed E-state index contributed by atoms with van der Waals surface area (Å²) in [5, 5.41) is 3.22. The number of fused-ring (bicyclic) bond motifs is 1. The van der Waals surface area contributed by atoms with Crippen LogP contribution in [0.3, 0.4) is 0 Å². The van der Waals surface area contributed by atoms with Crippen molar-refractivity contribution in [3.05, 3.63) is 71.1 Å². The van der Waals surface area contributed by atoms with Crippen molar-refractivity contribution in [1.82, 2.24) is 9.97 Å². The van der Waals surface area contributed by atoms with Crippen molar-refractivity contribution in [2.75, 3.05) is 22.8 Å². The number of anilines is 3. The van der Waals surface area contributed by atoms with Crippen LogP contribution in [0.1, 0.15) is 29.3 Å². The Morgan fingerprint density at radius 3 is 2.88 bits per heavy atom. The molecule has 0 spiro atoms. The number of hydrogen-bond acceptors (Lipinski definition) is 7. The lowest BCUT2D eigenvalue weighted by Crippen LogP contribution is -2.35. The van der Waals surface area contributed by atoms with Gasteiger partial charge < -0.3 is 10.1 Å². The van der Waals surface area contributed by atoms with E-state index < -0.39 is 16.0 Å². The maximum absolute atomic E-state index is 13.5. The van der Waals surface area contributed by atoms with Gasteiger partial charge in [-0.05, 0) is 49.6 Å². The summed E-state index contributed by atoms with van der Waals surface area (Å²) in [6.45, 7) is 2.28. The van der Waals surface area contributed by atoms with Gasteiger partial charge in [0.2, 0.25) is 0 Å². The van der Waals surface area contributed by atoms with Crippen molar-refractivity contribution in [3.63, 3.8) is 0 Å². The zero-order valence-electron chi connectivity index (χ0n) is 17.3. The monoisotopic (exact) mass is 472 g/mol. The summed E-state index contributed by atoms with van der Waals surface area (Å²) in [6, 6.07) is 11.9. The fourth-order valence-corrected chi connectivity index (χ4v) is 5.28. The minimum absolute atomic E-state index is 0.0767. The fourth-order valence-electron chi connectivity index (χ4n) is 3.55. The van der Waals surface area contributed by atoms with Gasteiger partial charge in [0.25, 0.3) is 10.0 Å². The second kappa shape index (κ2) is 9.13. The smallest absolute Gasteiger partial charge is 0.343 e. The molecule has 32 heavy (non-hydrogen) atoms. The van der Waals surface area contributed by atoms with E-state index in [-0.39, 0.29) is 27.9 Å². The van der Waals surface area contributed by atoms with E-state index in [0.717, 1.165) is 18.4 Å². The summed E-state index contributed by atoms with van der Waals surface area (Å²) >= 11 is 6.33. The van der Waals surface area contributed by atoms with Gasteiger partial charge in [0.05, 0.1) is 27.9 Å². The molecule has 0 atom stereocenters. The average Bonchev–Trinajstić information content (AvgIpc) is 2.80. The van der Waals surface area contributed by atoms with Crippen LogP contribution in [0.5, 0.6) is 0 Å². The molecule has 1 aromatic heterocycles.